The zero-order valence-corrected chi connectivity index (χ0v) is 41.3. The Morgan fingerprint density at radius 2 is 0.855 bits per heavy atom. The van der Waals surface area contributed by atoms with Crippen molar-refractivity contribution in [1.82, 2.24) is 0 Å². The van der Waals surface area contributed by atoms with Gasteiger partial charge in [0, 0.05) is 19.3 Å². The number of hydrogen-bond acceptors (Lipinski definition) is 7. The fourth-order valence-corrected chi connectivity index (χ4v) is 7.69. The van der Waals surface area contributed by atoms with E-state index in [1.165, 1.54) is 141 Å². The molecule has 0 aromatic carbocycles. The molecule has 2 unspecified atom stereocenters. The molecule has 62 heavy (non-hydrogen) atoms. The molecular formula is C54H99NO7. The molecule has 0 aromatic heterocycles. The number of nitrogens with zero attached hydrogens (tertiary/aromatic N) is 1. The smallest absolute Gasteiger partial charge is 0.306 e. The van der Waals surface area contributed by atoms with E-state index in [0.717, 1.165) is 64.2 Å². The normalized spacial score (nSPS) is 13.1. The van der Waals surface area contributed by atoms with Gasteiger partial charge in [0.1, 0.15) is 12.6 Å². The Hall–Kier alpha value is -2.45. The predicted molar refractivity (Wildman–Crippen MR) is 259 cm³/mol. The molecule has 8 nitrogen and oxygen atoms in total. The summed E-state index contributed by atoms with van der Waals surface area (Å²) in [6, 6.07) is -0.728. The van der Waals surface area contributed by atoms with Gasteiger partial charge in [0.25, 0.3) is 0 Å². The average Bonchev–Trinajstić information content (AvgIpc) is 3.23. The van der Waals surface area contributed by atoms with Crippen LogP contribution < -0.4 is 5.11 Å². The Morgan fingerprint density at radius 3 is 1.26 bits per heavy atom. The number of allylic oxidation sites excluding steroid dienone is 6. The number of carboxylic acid groups (broad SMARTS) is 1. The first-order valence-electron chi connectivity index (χ1n) is 26.0. The van der Waals surface area contributed by atoms with Crippen molar-refractivity contribution in [2.45, 2.75) is 251 Å². The molecule has 0 heterocycles. The van der Waals surface area contributed by atoms with Crippen molar-refractivity contribution in [2.24, 2.45) is 0 Å². The lowest BCUT2D eigenvalue weighted by Gasteiger charge is -2.34. The van der Waals surface area contributed by atoms with Gasteiger partial charge in [-0.2, -0.15) is 0 Å². The molecule has 0 saturated carbocycles. The summed E-state index contributed by atoms with van der Waals surface area (Å²) in [6.07, 6.45) is 53.2. The maximum absolute atomic E-state index is 12.8. The zero-order chi connectivity index (χ0) is 45.6. The minimum Gasteiger partial charge on any atom is -0.544 e. The van der Waals surface area contributed by atoms with Crippen LogP contribution in [0.15, 0.2) is 36.5 Å². The second kappa shape index (κ2) is 45.1. The molecule has 0 N–H and O–H groups in total. The van der Waals surface area contributed by atoms with E-state index in [-0.39, 0.29) is 42.7 Å². The first kappa shape index (κ1) is 59.5. The minimum absolute atomic E-state index is 0.0364. The molecule has 362 valence electrons. The number of esters is 2. The highest BCUT2D eigenvalue weighted by Crippen LogP contribution is 2.15. The van der Waals surface area contributed by atoms with Crippen LogP contribution in [0.2, 0.25) is 0 Å². The number of aliphatic carboxylic acids is 1. The zero-order valence-electron chi connectivity index (χ0n) is 41.3. The molecule has 0 aliphatic rings. The summed E-state index contributed by atoms with van der Waals surface area (Å²) in [7, 11) is 5.41. The minimum atomic E-state index is -1.13. The molecule has 0 aliphatic heterocycles. The van der Waals surface area contributed by atoms with Crippen molar-refractivity contribution < 1.29 is 38.2 Å². The highest BCUT2D eigenvalue weighted by molar-refractivity contribution is 5.70. The van der Waals surface area contributed by atoms with Crippen LogP contribution in [0.4, 0.5) is 0 Å². The topological polar surface area (TPSA) is 102 Å². The van der Waals surface area contributed by atoms with Crippen LogP contribution >= 0.6 is 0 Å². The number of hydrogen-bond donors (Lipinski definition) is 0. The van der Waals surface area contributed by atoms with Gasteiger partial charge in [0.15, 0.2) is 6.10 Å². The predicted octanol–water partition coefficient (Wildman–Crippen LogP) is 13.6. The third-order valence-corrected chi connectivity index (χ3v) is 11.7. The first-order valence-corrected chi connectivity index (χ1v) is 26.0. The molecule has 0 aliphatic carbocycles. The molecule has 0 amide bonds. The van der Waals surface area contributed by atoms with Gasteiger partial charge < -0.3 is 28.6 Å². The Labute approximate surface area is 383 Å². The SMILES string of the molecule is CCCCCCCCC/C=C/CCCCCCCC(=O)OCC(COCCC(C(=O)[O-])[N+](C)(C)C)OC(=O)CCCCCCCCC/C=C/C/C=C/CCCCCCCCCC. The number of carbonyl (C=O) groups excluding carboxylic acids is 3. The number of likely N-dealkylation sites (N-methyl/N-ethyl adjacent to an activating group) is 1. The van der Waals surface area contributed by atoms with Crippen LogP contribution in [0.1, 0.15) is 239 Å². The number of quaternary nitrogens is 1. The van der Waals surface area contributed by atoms with E-state index in [1.54, 1.807) is 21.1 Å². The van der Waals surface area contributed by atoms with Crippen molar-refractivity contribution in [1.29, 1.82) is 0 Å². The van der Waals surface area contributed by atoms with Gasteiger partial charge in [0.2, 0.25) is 0 Å². The largest absolute Gasteiger partial charge is 0.544 e. The lowest BCUT2D eigenvalue weighted by molar-refractivity contribution is -0.889. The van der Waals surface area contributed by atoms with E-state index < -0.39 is 18.1 Å². The van der Waals surface area contributed by atoms with E-state index in [9.17, 15) is 19.5 Å². The van der Waals surface area contributed by atoms with Crippen LogP contribution in [0.25, 0.3) is 0 Å². The third kappa shape index (κ3) is 42.8. The Balaban J connectivity index is 4.25. The Morgan fingerprint density at radius 1 is 0.484 bits per heavy atom. The quantitative estimate of drug-likeness (QED) is 0.0260. The summed E-state index contributed by atoms with van der Waals surface area (Å²) < 4.78 is 17.2. The average molecular weight is 874 g/mol. The summed E-state index contributed by atoms with van der Waals surface area (Å²) in [5, 5.41) is 11.7. The Bertz CT molecular complexity index is 1110. The molecule has 8 heteroatoms. The fraction of sp³-hybridized carbons (Fsp3) is 0.833. The molecular weight excluding hydrogens is 775 g/mol. The van der Waals surface area contributed by atoms with Crippen LogP contribution in [-0.2, 0) is 28.6 Å². The van der Waals surface area contributed by atoms with Gasteiger partial charge in [0.05, 0.1) is 40.3 Å². The number of ether oxygens (including phenoxy) is 3. The van der Waals surface area contributed by atoms with E-state index >= 15 is 0 Å². The molecule has 0 rings (SSSR count). The monoisotopic (exact) mass is 874 g/mol. The molecule has 0 bridgehead atoms. The van der Waals surface area contributed by atoms with Gasteiger partial charge in [-0.05, 0) is 70.6 Å². The van der Waals surface area contributed by atoms with Gasteiger partial charge >= 0.3 is 11.9 Å². The molecule has 2 atom stereocenters. The second-order valence-electron chi connectivity index (χ2n) is 18.8. The van der Waals surface area contributed by atoms with Crippen LogP contribution in [0.3, 0.4) is 0 Å². The van der Waals surface area contributed by atoms with Gasteiger partial charge in [-0.25, -0.2) is 0 Å². The van der Waals surface area contributed by atoms with E-state index in [0.29, 0.717) is 12.8 Å². The second-order valence-corrected chi connectivity index (χ2v) is 18.8. The van der Waals surface area contributed by atoms with E-state index in [2.05, 4.69) is 50.3 Å². The van der Waals surface area contributed by atoms with Crippen molar-refractivity contribution >= 4 is 17.9 Å². The van der Waals surface area contributed by atoms with Crippen LogP contribution in [-0.4, -0.2) is 75.5 Å². The summed E-state index contributed by atoms with van der Waals surface area (Å²) in [4.78, 5) is 37.0. The van der Waals surface area contributed by atoms with Crippen LogP contribution in [0, 0.1) is 0 Å². The Kier molecular flexibility index (Phi) is 43.3. The van der Waals surface area contributed by atoms with Crippen molar-refractivity contribution in [3.8, 4) is 0 Å². The standard InChI is InChI=1S/C54H99NO7/c1-6-8-10-12-14-16-18-20-22-24-25-26-27-28-29-31-33-35-37-39-41-43-45-53(57)62-50(48-60-47-46-51(54(58)59)55(3,4)5)49-61-52(56)44-42-40-38-36-34-32-30-23-21-19-17-15-13-11-9-7-2/h23-25,27-28,30,50-51H,6-22,26,29,31-49H2,1-5H3/b25-24+,28-27+,30-23+. The summed E-state index contributed by atoms with van der Waals surface area (Å²) in [5.41, 5.74) is 0. The van der Waals surface area contributed by atoms with Gasteiger partial charge in [-0.15, -0.1) is 0 Å². The summed E-state index contributed by atoms with van der Waals surface area (Å²) in [6.45, 7) is 4.67. The highest BCUT2D eigenvalue weighted by Gasteiger charge is 2.25. The molecule has 0 fully saturated rings. The van der Waals surface area contributed by atoms with Gasteiger partial charge in [-0.1, -0.05) is 185 Å². The fourth-order valence-electron chi connectivity index (χ4n) is 7.69. The molecule has 0 saturated heterocycles. The summed E-state index contributed by atoms with van der Waals surface area (Å²) >= 11 is 0. The maximum atomic E-state index is 12.8. The van der Waals surface area contributed by atoms with Crippen molar-refractivity contribution in [3.63, 3.8) is 0 Å². The van der Waals surface area contributed by atoms with Crippen LogP contribution in [0.5, 0.6) is 0 Å². The highest BCUT2D eigenvalue weighted by atomic mass is 16.6. The lowest BCUT2D eigenvalue weighted by atomic mass is 10.1. The number of carboxylic acids is 1. The van der Waals surface area contributed by atoms with Gasteiger partial charge in [-0.3, -0.25) is 9.59 Å². The molecule has 0 spiro atoms. The lowest BCUT2D eigenvalue weighted by Crippen LogP contribution is -2.55. The van der Waals surface area contributed by atoms with E-state index in [4.69, 9.17) is 14.2 Å². The third-order valence-electron chi connectivity index (χ3n) is 11.7. The summed E-state index contributed by atoms with van der Waals surface area (Å²) in [5.74, 6) is -1.75. The maximum Gasteiger partial charge on any atom is 0.306 e. The molecule has 0 aromatic rings. The van der Waals surface area contributed by atoms with Crippen molar-refractivity contribution in [2.75, 3.05) is 41.0 Å². The number of unbranched alkanes of at least 4 members (excludes halogenated alkanes) is 27. The first-order chi connectivity index (χ1) is 30.1. The van der Waals surface area contributed by atoms with Crippen molar-refractivity contribution in [3.05, 3.63) is 36.5 Å². The number of carbonyl (C=O) groups is 3. The van der Waals surface area contributed by atoms with E-state index in [1.807, 2.05) is 0 Å². The molecule has 0 radical (unpaired) electrons. The number of rotatable bonds is 47.